The molecule has 1 rings (SSSR count). The first kappa shape index (κ1) is 15.2. The SMILES string of the molecule is CC(C)(CNC(=O)[C@H](N)Cc1ccccc1)C(=O)O. The monoisotopic (exact) mass is 264 g/mol. The minimum atomic E-state index is -0.998. The maximum Gasteiger partial charge on any atom is 0.310 e. The first-order valence-electron chi connectivity index (χ1n) is 6.13. The fourth-order valence-electron chi connectivity index (χ4n) is 1.48. The summed E-state index contributed by atoms with van der Waals surface area (Å²) in [4.78, 5) is 22.7. The van der Waals surface area contributed by atoms with Crippen LogP contribution in [0.5, 0.6) is 0 Å². The van der Waals surface area contributed by atoms with E-state index in [4.69, 9.17) is 10.8 Å². The highest BCUT2D eigenvalue weighted by molar-refractivity contribution is 5.83. The van der Waals surface area contributed by atoms with Gasteiger partial charge in [0.15, 0.2) is 0 Å². The van der Waals surface area contributed by atoms with Gasteiger partial charge in [0.25, 0.3) is 0 Å². The number of nitrogens with one attached hydrogen (secondary N) is 1. The Morgan fingerprint density at radius 2 is 1.89 bits per heavy atom. The van der Waals surface area contributed by atoms with Gasteiger partial charge in [-0.25, -0.2) is 0 Å². The van der Waals surface area contributed by atoms with Crippen LogP contribution in [0.1, 0.15) is 19.4 Å². The number of amides is 1. The highest BCUT2D eigenvalue weighted by Gasteiger charge is 2.28. The van der Waals surface area contributed by atoms with Gasteiger partial charge in [0.05, 0.1) is 11.5 Å². The topological polar surface area (TPSA) is 92.4 Å². The van der Waals surface area contributed by atoms with Crippen molar-refractivity contribution in [3.05, 3.63) is 35.9 Å². The molecule has 1 amide bonds. The third kappa shape index (κ3) is 4.71. The number of aliphatic carboxylic acids is 1. The lowest BCUT2D eigenvalue weighted by molar-refractivity contribution is -0.146. The fourth-order valence-corrected chi connectivity index (χ4v) is 1.48. The van der Waals surface area contributed by atoms with E-state index >= 15 is 0 Å². The van der Waals surface area contributed by atoms with Crippen LogP contribution in [0.3, 0.4) is 0 Å². The molecule has 1 aromatic rings. The normalized spacial score (nSPS) is 12.8. The Morgan fingerprint density at radius 3 is 2.42 bits per heavy atom. The van der Waals surface area contributed by atoms with Gasteiger partial charge in [-0.3, -0.25) is 9.59 Å². The first-order valence-corrected chi connectivity index (χ1v) is 6.13. The molecule has 0 aliphatic carbocycles. The van der Waals surface area contributed by atoms with E-state index in [1.54, 1.807) is 13.8 Å². The highest BCUT2D eigenvalue weighted by atomic mass is 16.4. The van der Waals surface area contributed by atoms with Crippen LogP contribution >= 0.6 is 0 Å². The van der Waals surface area contributed by atoms with E-state index in [1.807, 2.05) is 30.3 Å². The number of carbonyl (C=O) groups excluding carboxylic acids is 1. The van der Waals surface area contributed by atoms with Crippen LogP contribution in [-0.4, -0.2) is 29.6 Å². The number of hydrogen-bond donors (Lipinski definition) is 3. The van der Waals surface area contributed by atoms with Crippen molar-refractivity contribution in [2.45, 2.75) is 26.3 Å². The molecule has 0 fully saturated rings. The Morgan fingerprint density at radius 1 is 1.32 bits per heavy atom. The van der Waals surface area contributed by atoms with Crippen molar-refractivity contribution >= 4 is 11.9 Å². The number of rotatable bonds is 6. The summed E-state index contributed by atoms with van der Waals surface area (Å²) in [6.07, 6.45) is 0.431. The van der Waals surface area contributed by atoms with E-state index in [0.29, 0.717) is 6.42 Å². The van der Waals surface area contributed by atoms with Gasteiger partial charge >= 0.3 is 5.97 Å². The molecule has 0 aliphatic heterocycles. The number of hydrogen-bond acceptors (Lipinski definition) is 3. The van der Waals surface area contributed by atoms with Gasteiger partial charge in [0.1, 0.15) is 0 Å². The van der Waals surface area contributed by atoms with Gasteiger partial charge in [-0.05, 0) is 25.8 Å². The van der Waals surface area contributed by atoms with Gasteiger partial charge in [0.2, 0.25) is 5.91 Å². The van der Waals surface area contributed by atoms with E-state index < -0.39 is 17.4 Å². The van der Waals surface area contributed by atoms with E-state index in [9.17, 15) is 9.59 Å². The summed E-state index contributed by atoms with van der Waals surface area (Å²) in [6.45, 7) is 3.17. The van der Waals surface area contributed by atoms with Crippen molar-refractivity contribution in [1.82, 2.24) is 5.32 Å². The van der Waals surface area contributed by atoms with Gasteiger partial charge in [-0.15, -0.1) is 0 Å². The van der Waals surface area contributed by atoms with E-state index in [2.05, 4.69) is 5.32 Å². The molecule has 1 aromatic carbocycles. The molecule has 0 aromatic heterocycles. The molecule has 104 valence electrons. The van der Waals surface area contributed by atoms with Crippen LogP contribution in [0.25, 0.3) is 0 Å². The summed E-state index contributed by atoms with van der Waals surface area (Å²) in [5.41, 5.74) is 5.77. The molecule has 0 saturated heterocycles. The second-order valence-electron chi connectivity index (χ2n) is 5.20. The lowest BCUT2D eigenvalue weighted by atomic mass is 9.93. The minimum absolute atomic E-state index is 0.0592. The molecule has 1 atom stereocenters. The molecule has 0 radical (unpaired) electrons. The second kappa shape index (κ2) is 6.33. The van der Waals surface area contributed by atoms with Crippen LogP contribution in [0.2, 0.25) is 0 Å². The maximum absolute atomic E-state index is 11.8. The average molecular weight is 264 g/mol. The molecule has 0 saturated carbocycles. The molecule has 0 heterocycles. The number of carboxylic acid groups (broad SMARTS) is 1. The Bertz CT molecular complexity index is 443. The Balaban J connectivity index is 2.48. The van der Waals surface area contributed by atoms with Gasteiger partial charge in [0, 0.05) is 6.54 Å². The van der Waals surface area contributed by atoms with Crippen molar-refractivity contribution in [2.24, 2.45) is 11.1 Å². The summed E-state index contributed by atoms with van der Waals surface area (Å²) in [6, 6.07) is 8.78. The van der Waals surface area contributed by atoms with Crippen LogP contribution < -0.4 is 11.1 Å². The third-order valence-corrected chi connectivity index (χ3v) is 2.92. The Kier molecular flexibility index (Phi) is 5.06. The molecule has 5 nitrogen and oxygen atoms in total. The smallest absolute Gasteiger partial charge is 0.310 e. The number of nitrogens with two attached hydrogens (primary N) is 1. The quantitative estimate of drug-likeness (QED) is 0.708. The zero-order valence-corrected chi connectivity index (χ0v) is 11.2. The lowest BCUT2D eigenvalue weighted by Gasteiger charge is -2.21. The number of carboxylic acids is 1. The van der Waals surface area contributed by atoms with Crippen molar-refractivity contribution in [3.8, 4) is 0 Å². The predicted octanol–water partition coefficient (Wildman–Crippen LogP) is 0.783. The Hall–Kier alpha value is -1.88. The molecule has 0 aliphatic rings. The fraction of sp³-hybridized carbons (Fsp3) is 0.429. The van der Waals surface area contributed by atoms with E-state index in [1.165, 1.54) is 0 Å². The lowest BCUT2D eigenvalue weighted by Crippen LogP contribution is -2.46. The third-order valence-electron chi connectivity index (χ3n) is 2.92. The first-order chi connectivity index (χ1) is 8.83. The van der Waals surface area contributed by atoms with Crippen molar-refractivity contribution < 1.29 is 14.7 Å². The average Bonchev–Trinajstić information content (AvgIpc) is 2.37. The standard InChI is InChI=1S/C14H20N2O3/c1-14(2,13(18)19)9-16-12(17)11(15)8-10-6-4-3-5-7-10/h3-7,11H,8-9,15H2,1-2H3,(H,16,17)(H,18,19)/t11-/m1/s1. The largest absolute Gasteiger partial charge is 0.481 e. The summed E-state index contributed by atoms with van der Waals surface area (Å²) < 4.78 is 0. The van der Waals surface area contributed by atoms with Crippen LogP contribution in [0.4, 0.5) is 0 Å². The summed E-state index contributed by atoms with van der Waals surface area (Å²) in [5, 5.41) is 11.5. The molecule has 4 N–H and O–H groups in total. The number of benzene rings is 1. The molecular weight excluding hydrogens is 244 g/mol. The molecule has 5 heteroatoms. The second-order valence-corrected chi connectivity index (χ2v) is 5.20. The molecule has 0 bridgehead atoms. The zero-order chi connectivity index (χ0) is 14.5. The van der Waals surface area contributed by atoms with E-state index in [-0.39, 0.29) is 12.5 Å². The molecule has 0 unspecified atom stereocenters. The van der Waals surface area contributed by atoms with Crippen molar-refractivity contribution in [1.29, 1.82) is 0 Å². The van der Waals surface area contributed by atoms with Crippen LogP contribution in [-0.2, 0) is 16.0 Å². The summed E-state index contributed by atoms with van der Waals surface area (Å²) in [7, 11) is 0. The molecule has 19 heavy (non-hydrogen) atoms. The summed E-state index contributed by atoms with van der Waals surface area (Å²) in [5.74, 6) is -1.29. The van der Waals surface area contributed by atoms with Gasteiger partial charge < -0.3 is 16.2 Å². The Labute approximate surface area is 112 Å². The molecular formula is C14H20N2O3. The summed E-state index contributed by atoms with van der Waals surface area (Å²) >= 11 is 0. The minimum Gasteiger partial charge on any atom is -0.481 e. The van der Waals surface area contributed by atoms with Crippen LogP contribution in [0, 0.1) is 5.41 Å². The van der Waals surface area contributed by atoms with E-state index in [0.717, 1.165) is 5.56 Å². The molecule has 0 spiro atoms. The van der Waals surface area contributed by atoms with Gasteiger partial charge in [-0.2, -0.15) is 0 Å². The highest BCUT2D eigenvalue weighted by Crippen LogP contribution is 2.13. The van der Waals surface area contributed by atoms with Crippen molar-refractivity contribution in [3.63, 3.8) is 0 Å². The van der Waals surface area contributed by atoms with Gasteiger partial charge in [-0.1, -0.05) is 30.3 Å². The van der Waals surface area contributed by atoms with Crippen LogP contribution in [0.15, 0.2) is 30.3 Å². The number of carbonyl (C=O) groups is 2. The van der Waals surface area contributed by atoms with Crippen molar-refractivity contribution in [2.75, 3.05) is 6.54 Å². The predicted molar refractivity (Wildman–Crippen MR) is 72.5 cm³/mol. The zero-order valence-electron chi connectivity index (χ0n) is 11.2. The maximum atomic E-state index is 11.8.